The van der Waals surface area contributed by atoms with E-state index in [0.29, 0.717) is 5.89 Å². The van der Waals surface area contributed by atoms with E-state index in [0.717, 1.165) is 60.5 Å². The molecule has 0 fully saturated rings. The number of fused-ring (bicyclic) bond motifs is 5. The van der Waals surface area contributed by atoms with E-state index in [9.17, 15) is 0 Å². The first-order chi connectivity index (χ1) is 15.9. The van der Waals surface area contributed by atoms with Crippen molar-refractivity contribution in [1.82, 2.24) is 4.98 Å². The van der Waals surface area contributed by atoms with Crippen molar-refractivity contribution in [2.24, 2.45) is 0 Å². The van der Waals surface area contributed by atoms with Gasteiger partial charge in [0.25, 0.3) is 0 Å². The third kappa shape index (κ3) is 2.45. The van der Waals surface area contributed by atoms with Crippen molar-refractivity contribution in [2.75, 3.05) is 0 Å². The first-order valence-electron chi connectivity index (χ1n) is 10.7. The summed E-state index contributed by atoms with van der Waals surface area (Å²) < 4.78 is 12.4. The van der Waals surface area contributed by atoms with Gasteiger partial charge >= 0.3 is 0 Å². The Hall–Kier alpha value is -4.37. The lowest BCUT2D eigenvalue weighted by Gasteiger charge is -2.10. The van der Waals surface area contributed by atoms with E-state index in [-0.39, 0.29) is 0 Å². The molecular formula is C29H17NO2. The molecule has 7 aromatic rings. The number of para-hydroxylation sites is 4. The fourth-order valence-electron chi connectivity index (χ4n) is 4.68. The molecule has 0 unspecified atom stereocenters. The molecule has 0 bridgehead atoms. The van der Waals surface area contributed by atoms with E-state index in [4.69, 9.17) is 13.8 Å². The number of benzene rings is 5. The fraction of sp³-hybridized carbons (Fsp3) is 0. The van der Waals surface area contributed by atoms with Crippen LogP contribution in [0.25, 0.3) is 66.4 Å². The lowest BCUT2D eigenvalue weighted by molar-refractivity contribution is 0.620. The maximum Gasteiger partial charge on any atom is 0.227 e. The molecule has 5 aromatic carbocycles. The molecule has 0 spiro atoms. The first kappa shape index (κ1) is 17.3. The molecule has 0 radical (unpaired) electrons. The average Bonchev–Trinajstić information content (AvgIpc) is 3.45. The van der Waals surface area contributed by atoms with Crippen molar-refractivity contribution < 1.29 is 8.83 Å². The molecule has 0 aliphatic carbocycles. The maximum atomic E-state index is 6.31. The van der Waals surface area contributed by atoms with Gasteiger partial charge in [0.05, 0.1) is 0 Å². The third-order valence-corrected chi connectivity index (χ3v) is 6.14. The van der Waals surface area contributed by atoms with Crippen LogP contribution >= 0.6 is 0 Å². The summed E-state index contributed by atoms with van der Waals surface area (Å²) in [5.74, 6) is 0.635. The number of nitrogens with zero attached hydrogens (tertiary/aromatic N) is 1. The summed E-state index contributed by atoms with van der Waals surface area (Å²) in [5.41, 5.74) is 6.67. The van der Waals surface area contributed by atoms with Crippen molar-refractivity contribution >= 4 is 43.8 Å². The molecule has 0 aliphatic heterocycles. The molecule has 0 saturated carbocycles. The van der Waals surface area contributed by atoms with Gasteiger partial charge in [-0.15, -0.1) is 0 Å². The second-order valence-electron chi connectivity index (χ2n) is 7.97. The number of hydrogen-bond acceptors (Lipinski definition) is 3. The Bertz CT molecular complexity index is 1760. The number of rotatable bonds is 2. The van der Waals surface area contributed by atoms with Crippen LogP contribution in [0.1, 0.15) is 0 Å². The van der Waals surface area contributed by atoms with Gasteiger partial charge in [-0.3, -0.25) is 0 Å². The second kappa shape index (κ2) is 6.56. The van der Waals surface area contributed by atoms with Crippen molar-refractivity contribution in [1.29, 1.82) is 0 Å². The predicted octanol–water partition coefficient (Wildman–Crippen LogP) is 8.21. The highest BCUT2D eigenvalue weighted by atomic mass is 16.3. The van der Waals surface area contributed by atoms with Gasteiger partial charge in [0, 0.05) is 21.9 Å². The van der Waals surface area contributed by atoms with E-state index in [1.54, 1.807) is 0 Å². The van der Waals surface area contributed by atoms with Crippen LogP contribution in [0.3, 0.4) is 0 Å². The zero-order chi connectivity index (χ0) is 21.1. The predicted molar refractivity (Wildman–Crippen MR) is 130 cm³/mol. The van der Waals surface area contributed by atoms with Crippen LogP contribution in [-0.4, -0.2) is 4.98 Å². The Morgan fingerprint density at radius 1 is 0.438 bits per heavy atom. The Morgan fingerprint density at radius 3 is 1.91 bits per heavy atom. The van der Waals surface area contributed by atoms with Gasteiger partial charge in [0.1, 0.15) is 16.7 Å². The lowest BCUT2D eigenvalue weighted by Crippen LogP contribution is -1.86. The summed E-state index contributed by atoms with van der Waals surface area (Å²) in [6.45, 7) is 0. The summed E-state index contributed by atoms with van der Waals surface area (Å²) in [7, 11) is 0. The van der Waals surface area contributed by atoms with Crippen molar-refractivity contribution in [3.05, 3.63) is 103 Å². The van der Waals surface area contributed by atoms with Gasteiger partial charge < -0.3 is 8.83 Å². The van der Waals surface area contributed by atoms with Crippen LogP contribution in [-0.2, 0) is 0 Å². The van der Waals surface area contributed by atoms with Crippen molar-refractivity contribution in [2.45, 2.75) is 0 Å². The molecule has 0 atom stereocenters. The van der Waals surface area contributed by atoms with Crippen molar-refractivity contribution in [3.8, 4) is 22.6 Å². The quantitative estimate of drug-likeness (QED) is 0.288. The third-order valence-electron chi connectivity index (χ3n) is 6.14. The van der Waals surface area contributed by atoms with Gasteiger partial charge in [-0.05, 0) is 40.6 Å². The zero-order valence-corrected chi connectivity index (χ0v) is 17.1. The standard InChI is InChI=1S/C29H17NO2/c1-3-16-26-21(8-1)23-13-7-12-22(28(23)31-26)19-10-5-11-20-18(19)9-6-14-24(20)29-30-25-15-2-4-17-27(25)32-29/h1-17H. The molecule has 0 amide bonds. The molecule has 2 aromatic heterocycles. The number of furan rings is 1. The van der Waals surface area contributed by atoms with Crippen LogP contribution < -0.4 is 0 Å². The summed E-state index contributed by atoms with van der Waals surface area (Å²) in [5, 5.41) is 4.51. The largest absolute Gasteiger partial charge is 0.455 e. The summed E-state index contributed by atoms with van der Waals surface area (Å²) in [6, 6.07) is 35.1. The molecule has 3 heteroatoms. The van der Waals surface area contributed by atoms with E-state index in [1.807, 2.05) is 36.4 Å². The first-order valence-corrected chi connectivity index (χ1v) is 10.7. The molecule has 32 heavy (non-hydrogen) atoms. The summed E-state index contributed by atoms with van der Waals surface area (Å²) in [6.07, 6.45) is 0. The highest BCUT2D eigenvalue weighted by Crippen LogP contribution is 2.40. The molecule has 3 nitrogen and oxygen atoms in total. The minimum absolute atomic E-state index is 0.635. The Kier molecular flexibility index (Phi) is 3.55. The number of oxazole rings is 1. The molecule has 0 aliphatic rings. The smallest absolute Gasteiger partial charge is 0.227 e. The van der Waals surface area contributed by atoms with Gasteiger partial charge in [0.2, 0.25) is 5.89 Å². The minimum Gasteiger partial charge on any atom is -0.455 e. The molecular weight excluding hydrogens is 394 g/mol. The SMILES string of the molecule is c1ccc2oc(-c3cccc4c(-c5cccc6c5oc5ccccc56)cccc34)nc2c1. The Labute approximate surface area is 183 Å². The normalized spacial score (nSPS) is 11.8. The summed E-state index contributed by atoms with van der Waals surface area (Å²) >= 11 is 0. The minimum atomic E-state index is 0.635. The topological polar surface area (TPSA) is 39.2 Å². The molecule has 0 N–H and O–H groups in total. The monoisotopic (exact) mass is 411 g/mol. The number of hydrogen-bond donors (Lipinski definition) is 0. The van der Waals surface area contributed by atoms with Crippen LogP contribution in [0.4, 0.5) is 0 Å². The van der Waals surface area contributed by atoms with Crippen LogP contribution in [0.5, 0.6) is 0 Å². The van der Waals surface area contributed by atoms with Gasteiger partial charge in [-0.2, -0.15) is 0 Å². The Morgan fingerprint density at radius 2 is 1.06 bits per heavy atom. The van der Waals surface area contributed by atoms with Gasteiger partial charge in [-0.25, -0.2) is 4.98 Å². The molecule has 2 heterocycles. The van der Waals surface area contributed by atoms with E-state index >= 15 is 0 Å². The van der Waals surface area contributed by atoms with Gasteiger partial charge in [-0.1, -0.05) is 78.9 Å². The highest BCUT2D eigenvalue weighted by Gasteiger charge is 2.16. The second-order valence-corrected chi connectivity index (χ2v) is 7.97. The lowest BCUT2D eigenvalue weighted by atomic mass is 9.94. The van der Waals surface area contributed by atoms with Crippen LogP contribution in [0.2, 0.25) is 0 Å². The van der Waals surface area contributed by atoms with E-state index in [2.05, 4.69) is 66.7 Å². The molecule has 0 saturated heterocycles. The van der Waals surface area contributed by atoms with Gasteiger partial charge in [0.15, 0.2) is 5.58 Å². The van der Waals surface area contributed by atoms with E-state index < -0.39 is 0 Å². The van der Waals surface area contributed by atoms with Crippen LogP contribution in [0.15, 0.2) is 112 Å². The average molecular weight is 411 g/mol. The van der Waals surface area contributed by atoms with Crippen LogP contribution in [0, 0.1) is 0 Å². The van der Waals surface area contributed by atoms with E-state index in [1.165, 1.54) is 0 Å². The zero-order valence-electron chi connectivity index (χ0n) is 17.1. The number of aromatic nitrogens is 1. The summed E-state index contributed by atoms with van der Waals surface area (Å²) in [4.78, 5) is 4.73. The van der Waals surface area contributed by atoms with Crippen molar-refractivity contribution in [3.63, 3.8) is 0 Å². The maximum absolute atomic E-state index is 6.31. The molecule has 7 rings (SSSR count). The Balaban J connectivity index is 1.51. The fourth-order valence-corrected chi connectivity index (χ4v) is 4.68. The molecule has 150 valence electrons. The highest BCUT2D eigenvalue weighted by molar-refractivity contribution is 6.13.